The Kier molecular flexibility index (Phi) is 5.23. The molecule has 0 aliphatic carbocycles. The van der Waals surface area contributed by atoms with E-state index in [1.807, 2.05) is 12.1 Å². The third-order valence-corrected chi connectivity index (χ3v) is 3.88. The van der Waals surface area contributed by atoms with Crippen molar-refractivity contribution in [2.75, 3.05) is 26.7 Å². The molecular formula is C16H26N2O. The molecule has 1 aliphatic rings. The number of likely N-dealkylation sites (tertiary alicyclic amines) is 1. The van der Waals surface area contributed by atoms with Crippen molar-refractivity contribution in [1.82, 2.24) is 10.2 Å². The van der Waals surface area contributed by atoms with Crippen LogP contribution in [0, 0.1) is 0 Å². The number of hydrogen-bond donors (Lipinski definition) is 1. The highest BCUT2D eigenvalue weighted by molar-refractivity contribution is 5.28. The Balaban J connectivity index is 1.82. The highest BCUT2D eigenvalue weighted by Crippen LogP contribution is 2.18. The van der Waals surface area contributed by atoms with Crippen LogP contribution in [-0.2, 0) is 0 Å². The van der Waals surface area contributed by atoms with E-state index in [-0.39, 0.29) is 0 Å². The summed E-state index contributed by atoms with van der Waals surface area (Å²) in [6.07, 6.45) is 2.72. The first-order chi connectivity index (χ1) is 9.19. The van der Waals surface area contributed by atoms with Gasteiger partial charge in [0.1, 0.15) is 5.75 Å². The summed E-state index contributed by atoms with van der Waals surface area (Å²) >= 11 is 0. The number of nitrogens with zero attached hydrogens (tertiary/aromatic N) is 1. The molecule has 1 aliphatic heterocycles. The Labute approximate surface area is 116 Å². The zero-order valence-corrected chi connectivity index (χ0v) is 12.4. The molecule has 0 aromatic heterocycles. The highest BCUT2D eigenvalue weighted by atomic mass is 16.5. The molecular weight excluding hydrogens is 236 g/mol. The minimum atomic E-state index is 0.378. The third-order valence-electron chi connectivity index (χ3n) is 3.88. The molecule has 1 fully saturated rings. The molecule has 0 spiro atoms. The van der Waals surface area contributed by atoms with Crippen molar-refractivity contribution in [2.24, 2.45) is 0 Å². The molecule has 1 heterocycles. The maximum atomic E-state index is 5.19. The molecule has 106 valence electrons. The van der Waals surface area contributed by atoms with Crippen LogP contribution in [0.1, 0.15) is 38.3 Å². The fourth-order valence-corrected chi connectivity index (χ4v) is 2.82. The Morgan fingerprint density at radius 3 is 2.37 bits per heavy atom. The van der Waals surface area contributed by atoms with Crippen LogP contribution in [0.25, 0.3) is 0 Å². The van der Waals surface area contributed by atoms with Gasteiger partial charge in [0.05, 0.1) is 7.11 Å². The standard InChI is InChI=1S/C16H26N2O/c1-13(12-18-10-4-5-11-18)17-14(2)15-6-8-16(19-3)9-7-15/h6-9,13-14,17H,4-5,10-12H2,1-3H3. The van der Waals surface area contributed by atoms with Gasteiger partial charge in [-0.05, 0) is 57.5 Å². The SMILES string of the molecule is COc1ccc(C(C)NC(C)CN2CCCC2)cc1. The van der Waals surface area contributed by atoms with E-state index in [2.05, 4.69) is 36.2 Å². The van der Waals surface area contributed by atoms with Crippen molar-refractivity contribution in [2.45, 2.75) is 38.8 Å². The van der Waals surface area contributed by atoms with E-state index in [0.717, 1.165) is 12.3 Å². The second-order valence-electron chi connectivity index (χ2n) is 5.57. The van der Waals surface area contributed by atoms with E-state index < -0.39 is 0 Å². The maximum absolute atomic E-state index is 5.19. The molecule has 0 saturated carbocycles. The lowest BCUT2D eigenvalue weighted by Gasteiger charge is -2.25. The van der Waals surface area contributed by atoms with Gasteiger partial charge in [0, 0.05) is 18.6 Å². The molecule has 3 heteroatoms. The minimum Gasteiger partial charge on any atom is -0.497 e. The van der Waals surface area contributed by atoms with E-state index in [1.54, 1.807) is 7.11 Å². The van der Waals surface area contributed by atoms with Crippen LogP contribution in [0.2, 0.25) is 0 Å². The monoisotopic (exact) mass is 262 g/mol. The zero-order valence-electron chi connectivity index (χ0n) is 12.4. The van der Waals surface area contributed by atoms with Crippen molar-refractivity contribution in [3.05, 3.63) is 29.8 Å². The zero-order chi connectivity index (χ0) is 13.7. The average molecular weight is 262 g/mol. The van der Waals surface area contributed by atoms with E-state index >= 15 is 0 Å². The topological polar surface area (TPSA) is 24.5 Å². The van der Waals surface area contributed by atoms with Crippen LogP contribution < -0.4 is 10.1 Å². The number of methoxy groups -OCH3 is 1. The third kappa shape index (κ3) is 4.22. The minimum absolute atomic E-state index is 0.378. The highest BCUT2D eigenvalue weighted by Gasteiger charge is 2.16. The lowest BCUT2D eigenvalue weighted by molar-refractivity contribution is 0.289. The number of benzene rings is 1. The number of hydrogen-bond acceptors (Lipinski definition) is 3. The average Bonchev–Trinajstić information content (AvgIpc) is 2.91. The van der Waals surface area contributed by atoms with Crippen molar-refractivity contribution >= 4 is 0 Å². The number of nitrogens with one attached hydrogen (secondary N) is 1. The Hall–Kier alpha value is -1.06. The van der Waals surface area contributed by atoms with Gasteiger partial charge in [0.15, 0.2) is 0 Å². The smallest absolute Gasteiger partial charge is 0.118 e. The number of rotatable bonds is 6. The Bertz CT molecular complexity index is 371. The molecule has 1 saturated heterocycles. The summed E-state index contributed by atoms with van der Waals surface area (Å²) in [5.74, 6) is 0.918. The van der Waals surface area contributed by atoms with E-state index in [0.29, 0.717) is 12.1 Å². The first-order valence-electron chi connectivity index (χ1n) is 7.31. The van der Waals surface area contributed by atoms with Crippen molar-refractivity contribution in [1.29, 1.82) is 0 Å². The van der Waals surface area contributed by atoms with Crippen LogP contribution in [0.4, 0.5) is 0 Å². The van der Waals surface area contributed by atoms with Gasteiger partial charge < -0.3 is 15.0 Å². The summed E-state index contributed by atoms with van der Waals surface area (Å²) in [4.78, 5) is 2.55. The predicted molar refractivity (Wildman–Crippen MR) is 79.7 cm³/mol. The lowest BCUT2D eigenvalue weighted by Crippen LogP contribution is -2.39. The summed E-state index contributed by atoms with van der Waals surface area (Å²) in [7, 11) is 1.70. The summed E-state index contributed by atoms with van der Waals surface area (Å²) in [5, 5.41) is 3.68. The quantitative estimate of drug-likeness (QED) is 0.853. The molecule has 1 N–H and O–H groups in total. The van der Waals surface area contributed by atoms with Crippen LogP contribution in [-0.4, -0.2) is 37.7 Å². The predicted octanol–water partition coefficient (Wildman–Crippen LogP) is 2.83. The first kappa shape index (κ1) is 14.4. The summed E-state index contributed by atoms with van der Waals surface area (Å²) in [6.45, 7) is 8.19. The van der Waals surface area contributed by atoms with Crippen LogP contribution in [0.15, 0.2) is 24.3 Å². The molecule has 3 nitrogen and oxygen atoms in total. The van der Waals surface area contributed by atoms with Crippen molar-refractivity contribution < 1.29 is 4.74 Å². The fourth-order valence-electron chi connectivity index (χ4n) is 2.82. The van der Waals surface area contributed by atoms with Crippen LogP contribution in [0.5, 0.6) is 5.75 Å². The molecule has 2 atom stereocenters. The number of ether oxygens (including phenoxy) is 1. The fraction of sp³-hybridized carbons (Fsp3) is 0.625. The summed E-state index contributed by atoms with van der Waals surface area (Å²) in [5.41, 5.74) is 1.31. The molecule has 1 aromatic rings. The van der Waals surface area contributed by atoms with Gasteiger partial charge in [-0.2, -0.15) is 0 Å². The first-order valence-corrected chi connectivity index (χ1v) is 7.31. The van der Waals surface area contributed by atoms with Crippen molar-refractivity contribution in [3.63, 3.8) is 0 Å². The van der Waals surface area contributed by atoms with E-state index in [9.17, 15) is 0 Å². The van der Waals surface area contributed by atoms with E-state index in [4.69, 9.17) is 4.74 Å². The molecule has 0 radical (unpaired) electrons. The second-order valence-corrected chi connectivity index (χ2v) is 5.57. The largest absolute Gasteiger partial charge is 0.497 e. The maximum Gasteiger partial charge on any atom is 0.118 e. The van der Waals surface area contributed by atoms with Crippen LogP contribution >= 0.6 is 0 Å². The molecule has 0 bridgehead atoms. The molecule has 2 unspecified atom stereocenters. The van der Waals surface area contributed by atoms with Gasteiger partial charge in [-0.15, -0.1) is 0 Å². The van der Waals surface area contributed by atoms with Gasteiger partial charge in [-0.1, -0.05) is 12.1 Å². The molecule has 1 aromatic carbocycles. The Morgan fingerprint density at radius 1 is 1.16 bits per heavy atom. The van der Waals surface area contributed by atoms with Gasteiger partial charge >= 0.3 is 0 Å². The van der Waals surface area contributed by atoms with Gasteiger partial charge in [-0.3, -0.25) is 0 Å². The molecule has 2 rings (SSSR count). The van der Waals surface area contributed by atoms with Crippen LogP contribution in [0.3, 0.4) is 0 Å². The summed E-state index contributed by atoms with van der Waals surface area (Å²) < 4.78 is 5.19. The molecule has 19 heavy (non-hydrogen) atoms. The van der Waals surface area contributed by atoms with Crippen molar-refractivity contribution in [3.8, 4) is 5.75 Å². The van der Waals surface area contributed by atoms with Gasteiger partial charge in [-0.25, -0.2) is 0 Å². The second kappa shape index (κ2) is 6.92. The summed E-state index contributed by atoms with van der Waals surface area (Å²) in [6, 6.07) is 9.23. The Morgan fingerprint density at radius 2 is 1.79 bits per heavy atom. The normalized spacial score (nSPS) is 19.3. The molecule has 0 amide bonds. The van der Waals surface area contributed by atoms with Gasteiger partial charge in [0.2, 0.25) is 0 Å². The van der Waals surface area contributed by atoms with Gasteiger partial charge in [0.25, 0.3) is 0 Å². The lowest BCUT2D eigenvalue weighted by atomic mass is 10.1. The van der Waals surface area contributed by atoms with E-state index in [1.165, 1.54) is 31.5 Å².